The Labute approximate surface area is 181 Å². The van der Waals surface area contributed by atoms with Gasteiger partial charge >= 0.3 is 0 Å². The predicted molar refractivity (Wildman–Crippen MR) is 113 cm³/mol. The molecule has 3 heterocycles. The Morgan fingerprint density at radius 1 is 1.10 bits per heavy atom. The van der Waals surface area contributed by atoms with Gasteiger partial charge in [0.05, 0.1) is 23.8 Å². The van der Waals surface area contributed by atoms with Crippen LogP contribution in [0.3, 0.4) is 0 Å². The first-order valence-electron chi connectivity index (χ1n) is 9.82. The lowest BCUT2D eigenvalue weighted by molar-refractivity contribution is -0.136. The smallest absolute Gasteiger partial charge is 0.261 e. The molecule has 5 rings (SSSR count). The number of rotatable bonds is 3. The maximum atomic E-state index is 12.8. The van der Waals surface area contributed by atoms with Gasteiger partial charge in [0.25, 0.3) is 11.5 Å². The molecule has 1 unspecified atom stereocenters. The first-order valence-corrected chi connectivity index (χ1v) is 10.2. The van der Waals surface area contributed by atoms with Crippen LogP contribution in [0.25, 0.3) is 10.9 Å². The van der Waals surface area contributed by atoms with Crippen LogP contribution in [-0.2, 0) is 22.7 Å². The Balaban J connectivity index is 1.42. The van der Waals surface area contributed by atoms with Gasteiger partial charge in [0.2, 0.25) is 11.8 Å². The minimum absolute atomic E-state index is 0.200. The van der Waals surface area contributed by atoms with E-state index >= 15 is 0 Å². The first kappa shape index (κ1) is 19.4. The molecular weight excluding hydrogens is 420 g/mol. The average molecular weight is 437 g/mol. The lowest BCUT2D eigenvalue weighted by Gasteiger charge is -2.29. The number of nitrogens with zero attached hydrogens (tertiary/aromatic N) is 3. The summed E-state index contributed by atoms with van der Waals surface area (Å²) in [4.78, 5) is 55.0. The molecule has 0 aliphatic carbocycles. The molecule has 2 aliphatic heterocycles. The maximum Gasteiger partial charge on any atom is 0.261 e. The van der Waals surface area contributed by atoms with E-state index in [0.717, 1.165) is 11.1 Å². The molecule has 0 bridgehead atoms. The number of hydrogen-bond acceptors (Lipinski definition) is 5. The van der Waals surface area contributed by atoms with E-state index in [9.17, 15) is 19.2 Å². The molecule has 1 atom stereocenters. The van der Waals surface area contributed by atoms with Crippen molar-refractivity contribution in [3.05, 3.63) is 74.8 Å². The highest BCUT2D eigenvalue weighted by Crippen LogP contribution is 2.28. The molecular formula is C22H17ClN4O4. The molecule has 0 saturated carbocycles. The van der Waals surface area contributed by atoms with Crippen LogP contribution in [0.15, 0.2) is 47.5 Å². The van der Waals surface area contributed by atoms with Crippen molar-refractivity contribution in [2.75, 3.05) is 0 Å². The number of imide groups is 1. The first-order chi connectivity index (χ1) is 14.9. The normalized spacial score (nSPS) is 18.4. The minimum Gasteiger partial charge on any atom is -0.322 e. The summed E-state index contributed by atoms with van der Waals surface area (Å²) in [6, 6.07) is 9.71. The van der Waals surface area contributed by atoms with Gasteiger partial charge in [-0.15, -0.1) is 0 Å². The van der Waals surface area contributed by atoms with Crippen molar-refractivity contribution in [1.29, 1.82) is 0 Å². The van der Waals surface area contributed by atoms with E-state index < -0.39 is 11.9 Å². The second kappa shape index (κ2) is 7.31. The molecule has 1 N–H and O–H groups in total. The Morgan fingerprint density at radius 3 is 2.74 bits per heavy atom. The van der Waals surface area contributed by atoms with Crippen molar-refractivity contribution >= 4 is 40.2 Å². The van der Waals surface area contributed by atoms with E-state index in [1.807, 2.05) is 6.07 Å². The fourth-order valence-corrected chi connectivity index (χ4v) is 4.34. The number of nitrogens with one attached hydrogen (secondary N) is 1. The number of hydrogen-bond donors (Lipinski definition) is 1. The predicted octanol–water partition coefficient (Wildman–Crippen LogP) is 1.86. The number of carbonyl (C=O) groups excluding carboxylic acids is 3. The molecule has 2 aliphatic rings. The van der Waals surface area contributed by atoms with Crippen molar-refractivity contribution in [2.45, 2.75) is 32.0 Å². The summed E-state index contributed by atoms with van der Waals surface area (Å²) >= 11 is 6.02. The molecule has 31 heavy (non-hydrogen) atoms. The van der Waals surface area contributed by atoms with Crippen molar-refractivity contribution in [1.82, 2.24) is 19.8 Å². The summed E-state index contributed by atoms with van der Waals surface area (Å²) in [5, 5.41) is 3.20. The second-order valence-electron chi connectivity index (χ2n) is 7.73. The summed E-state index contributed by atoms with van der Waals surface area (Å²) in [5.41, 5.74) is 2.53. The van der Waals surface area contributed by atoms with Crippen LogP contribution in [0.4, 0.5) is 0 Å². The molecule has 0 radical (unpaired) electrons. The standard InChI is InChI=1S/C22H17ClN4O4/c23-14-2-4-17-16(8-14)21(30)26(11-24-17)9-12-1-3-15-13(7-12)10-27(22(15)31)18-5-6-19(28)25-20(18)29/h1-4,7-8,11,18H,5-6,9-10H2,(H,25,28,29). The maximum absolute atomic E-state index is 12.8. The summed E-state index contributed by atoms with van der Waals surface area (Å²) in [7, 11) is 0. The van der Waals surface area contributed by atoms with Gasteiger partial charge in [-0.1, -0.05) is 23.7 Å². The highest BCUT2D eigenvalue weighted by Gasteiger charge is 2.39. The highest BCUT2D eigenvalue weighted by atomic mass is 35.5. The lowest BCUT2D eigenvalue weighted by atomic mass is 10.0. The Morgan fingerprint density at radius 2 is 1.94 bits per heavy atom. The lowest BCUT2D eigenvalue weighted by Crippen LogP contribution is -2.52. The highest BCUT2D eigenvalue weighted by molar-refractivity contribution is 6.31. The molecule has 3 amide bonds. The molecule has 1 fully saturated rings. The molecule has 1 saturated heterocycles. The molecule has 3 aromatic rings. The van der Waals surface area contributed by atoms with Crippen LogP contribution in [0, 0.1) is 0 Å². The third-order valence-corrected chi connectivity index (χ3v) is 5.96. The summed E-state index contributed by atoms with van der Waals surface area (Å²) in [6.45, 7) is 0.572. The zero-order valence-corrected chi connectivity index (χ0v) is 17.1. The van der Waals surface area contributed by atoms with Crippen molar-refractivity contribution in [3.8, 4) is 0 Å². The van der Waals surface area contributed by atoms with E-state index in [1.54, 1.807) is 30.3 Å². The van der Waals surface area contributed by atoms with Crippen LogP contribution in [-0.4, -0.2) is 38.2 Å². The van der Waals surface area contributed by atoms with Gasteiger partial charge in [-0.2, -0.15) is 0 Å². The van der Waals surface area contributed by atoms with Crippen LogP contribution >= 0.6 is 11.6 Å². The molecule has 1 aromatic heterocycles. The van der Waals surface area contributed by atoms with Crippen molar-refractivity contribution < 1.29 is 14.4 Å². The van der Waals surface area contributed by atoms with Gasteiger partial charge in [-0.05, 0) is 41.8 Å². The van der Waals surface area contributed by atoms with Crippen LogP contribution < -0.4 is 10.9 Å². The fourth-order valence-electron chi connectivity index (χ4n) is 4.17. The molecule has 0 spiro atoms. The Kier molecular flexibility index (Phi) is 4.59. The van der Waals surface area contributed by atoms with Crippen molar-refractivity contribution in [2.24, 2.45) is 0 Å². The largest absolute Gasteiger partial charge is 0.322 e. The van der Waals surface area contributed by atoms with E-state index in [2.05, 4.69) is 10.3 Å². The number of halogens is 1. The van der Waals surface area contributed by atoms with E-state index in [0.29, 0.717) is 27.9 Å². The number of aromatic nitrogens is 2. The summed E-state index contributed by atoms with van der Waals surface area (Å²) in [5.74, 6) is -0.983. The molecule has 9 heteroatoms. The SMILES string of the molecule is O=C1CCC(N2Cc3cc(Cn4cnc5ccc(Cl)cc5c4=O)ccc3C2=O)C(=O)N1. The van der Waals surface area contributed by atoms with Gasteiger partial charge in [0.15, 0.2) is 0 Å². The molecule has 156 valence electrons. The van der Waals surface area contributed by atoms with E-state index in [1.165, 1.54) is 15.8 Å². The molecule has 8 nitrogen and oxygen atoms in total. The van der Waals surface area contributed by atoms with Crippen LogP contribution in [0.2, 0.25) is 5.02 Å². The van der Waals surface area contributed by atoms with Gasteiger partial charge in [-0.25, -0.2) is 4.98 Å². The number of piperidine rings is 1. The Hall–Kier alpha value is -3.52. The second-order valence-corrected chi connectivity index (χ2v) is 8.17. The van der Waals surface area contributed by atoms with Gasteiger partial charge in [0.1, 0.15) is 6.04 Å². The third kappa shape index (κ3) is 3.38. The minimum atomic E-state index is -0.655. The van der Waals surface area contributed by atoms with E-state index in [-0.39, 0.29) is 36.9 Å². The average Bonchev–Trinajstić information content (AvgIpc) is 3.06. The quantitative estimate of drug-likeness (QED) is 0.631. The van der Waals surface area contributed by atoms with Gasteiger partial charge in [0, 0.05) is 23.6 Å². The number of amides is 3. The number of carbonyl (C=O) groups is 3. The van der Waals surface area contributed by atoms with Gasteiger partial charge in [-0.3, -0.25) is 29.1 Å². The number of benzene rings is 2. The zero-order valence-electron chi connectivity index (χ0n) is 16.3. The Bertz CT molecular complexity index is 1330. The van der Waals surface area contributed by atoms with Gasteiger partial charge < -0.3 is 4.90 Å². The van der Waals surface area contributed by atoms with E-state index in [4.69, 9.17) is 11.6 Å². The van der Waals surface area contributed by atoms with Crippen LogP contribution in [0.5, 0.6) is 0 Å². The summed E-state index contributed by atoms with van der Waals surface area (Å²) < 4.78 is 1.50. The third-order valence-electron chi connectivity index (χ3n) is 5.73. The molecule has 2 aromatic carbocycles. The monoisotopic (exact) mass is 436 g/mol. The fraction of sp³-hybridized carbons (Fsp3) is 0.227. The topological polar surface area (TPSA) is 101 Å². The summed E-state index contributed by atoms with van der Waals surface area (Å²) in [6.07, 6.45) is 2.02. The zero-order chi connectivity index (χ0) is 21.7. The van der Waals surface area contributed by atoms with Crippen LogP contribution in [0.1, 0.15) is 34.3 Å². The number of fused-ring (bicyclic) bond motifs is 2. The van der Waals surface area contributed by atoms with Crippen molar-refractivity contribution in [3.63, 3.8) is 0 Å².